The summed E-state index contributed by atoms with van der Waals surface area (Å²) in [6.45, 7) is 1.89. The average Bonchev–Trinajstić information content (AvgIpc) is 2.75. The number of aromatic nitrogens is 1. The van der Waals surface area contributed by atoms with Crippen LogP contribution in [0.4, 0.5) is 0 Å². The first kappa shape index (κ1) is 17.2. The first-order valence-electron chi connectivity index (χ1n) is 7.84. The Labute approximate surface area is 147 Å². The van der Waals surface area contributed by atoms with Gasteiger partial charge in [-0.3, -0.25) is 9.59 Å². The number of nitrogens with one attached hydrogen (secondary N) is 1. The molecule has 26 heavy (non-hydrogen) atoms. The van der Waals surface area contributed by atoms with Gasteiger partial charge < -0.3 is 19.6 Å². The topological polar surface area (TPSA) is 106 Å². The number of fused-ring (bicyclic) bond motifs is 1. The Morgan fingerprint density at radius 3 is 2.42 bits per heavy atom. The number of pyridine rings is 1. The minimum Gasteiger partial charge on any atom is -0.487 e. The van der Waals surface area contributed by atoms with Crippen molar-refractivity contribution in [3.63, 3.8) is 0 Å². The lowest BCUT2D eigenvalue weighted by molar-refractivity contribution is 0.0691. The summed E-state index contributed by atoms with van der Waals surface area (Å²) in [5.74, 6) is -1.04. The molecule has 0 aliphatic carbocycles. The summed E-state index contributed by atoms with van der Waals surface area (Å²) in [6, 6.07) is 12.1. The van der Waals surface area contributed by atoms with Crippen LogP contribution in [0.3, 0.4) is 0 Å². The molecule has 1 heterocycles. The molecule has 2 N–H and O–H groups in total. The number of rotatable bonds is 5. The summed E-state index contributed by atoms with van der Waals surface area (Å²) in [4.78, 5) is 38.9. The molecular formula is C19H15NO6. The summed E-state index contributed by atoms with van der Waals surface area (Å²) in [5, 5.41) is 9.17. The lowest BCUT2D eigenvalue weighted by Gasteiger charge is -2.10. The zero-order valence-electron chi connectivity index (χ0n) is 13.8. The number of carbonyl (C=O) groups is 1. The molecule has 132 valence electrons. The van der Waals surface area contributed by atoms with Crippen molar-refractivity contribution >= 4 is 16.9 Å². The fourth-order valence-corrected chi connectivity index (χ4v) is 2.50. The number of aromatic amines is 1. The van der Waals surface area contributed by atoms with Crippen molar-refractivity contribution in [2.45, 2.75) is 6.92 Å². The fraction of sp³-hybridized carbons (Fsp3) is 0.105. The minimum atomic E-state index is -1.28. The molecule has 7 nitrogen and oxygen atoms in total. The second kappa shape index (κ2) is 7.10. The molecule has 1 aromatic heterocycles. The van der Waals surface area contributed by atoms with E-state index >= 15 is 0 Å². The molecule has 0 spiro atoms. The number of carboxylic acid groups (broad SMARTS) is 1. The molecule has 0 atom stereocenters. The van der Waals surface area contributed by atoms with Gasteiger partial charge in [-0.05, 0) is 31.2 Å². The van der Waals surface area contributed by atoms with Crippen LogP contribution in [0.25, 0.3) is 10.9 Å². The quantitative estimate of drug-likeness (QED) is 0.731. The lowest BCUT2D eigenvalue weighted by Crippen LogP contribution is -2.11. The van der Waals surface area contributed by atoms with Gasteiger partial charge in [0.15, 0.2) is 11.2 Å². The maximum Gasteiger partial charge on any atom is 0.352 e. The van der Waals surface area contributed by atoms with Crippen molar-refractivity contribution in [3.8, 4) is 17.2 Å². The van der Waals surface area contributed by atoms with Crippen LogP contribution in [-0.4, -0.2) is 22.7 Å². The summed E-state index contributed by atoms with van der Waals surface area (Å²) < 4.78 is 11.2. The molecule has 3 rings (SSSR count). The highest BCUT2D eigenvalue weighted by atomic mass is 16.5. The molecule has 0 saturated heterocycles. The van der Waals surface area contributed by atoms with Crippen LogP contribution in [0.15, 0.2) is 58.1 Å². The van der Waals surface area contributed by atoms with Gasteiger partial charge in [-0.15, -0.1) is 0 Å². The Kier molecular flexibility index (Phi) is 4.70. The van der Waals surface area contributed by atoms with Gasteiger partial charge in [-0.2, -0.15) is 0 Å². The van der Waals surface area contributed by atoms with Gasteiger partial charge in [-0.25, -0.2) is 4.79 Å². The molecule has 7 heteroatoms. The molecule has 0 bridgehead atoms. The SMILES string of the molecule is CCOc1c(Oc2ccccc2)c2c(=O)cc(C(=O)O)[nH]c2ccc1=O. The van der Waals surface area contributed by atoms with Crippen molar-refractivity contribution < 1.29 is 19.4 Å². The van der Waals surface area contributed by atoms with Gasteiger partial charge in [0, 0.05) is 6.07 Å². The van der Waals surface area contributed by atoms with E-state index in [0.717, 1.165) is 6.07 Å². The molecule has 0 aliphatic heterocycles. The van der Waals surface area contributed by atoms with Gasteiger partial charge in [0.05, 0.1) is 17.5 Å². The second-order valence-electron chi connectivity index (χ2n) is 5.35. The number of carboxylic acids is 1. The Morgan fingerprint density at radius 1 is 1.04 bits per heavy atom. The number of hydrogen-bond acceptors (Lipinski definition) is 5. The molecule has 0 aliphatic rings. The van der Waals surface area contributed by atoms with E-state index in [2.05, 4.69) is 4.98 Å². The van der Waals surface area contributed by atoms with Gasteiger partial charge >= 0.3 is 5.97 Å². The molecule has 0 saturated carbocycles. The van der Waals surface area contributed by atoms with Crippen LogP contribution >= 0.6 is 0 Å². The predicted octanol–water partition coefficient (Wildman–Crippen LogP) is 2.78. The third kappa shape index (κ3) is 3.27. The maximum absolute atomic E-state index is 12.6. The van der Waals surface area contributed by atoms with Gasteiger partial charge in [-0.1, -0.05) is 18.2 Å². The van der Waals surface area contributed by atoms with E-state index in [1.54, 1.807) is 37.3 Å². The number of para-hydroxylation sites is 1. The number of benzene rings is 1. The summed E-state index contributed by atoms with van der Waals surface area (Å²) in [7, 11) is 0. The van der Waals surface area contributed by atoms with Crippen molar-refractivity contribution in [2.75, 3.05) is 6.61 Å². The van der Waals surface area contributed by atoms with Crippen molar-refractivity contribution in [2.24, 2.45) is 0 Å². The van der Waals surface area contributed by atoms with Crippen LogP contribution < -0.4 is 20.3 Å². The summed E-state index contributed by atoms with van der Waals surface area (Å²) >= 11 is 0. The minimum absolute atomic E-state index is 0.0319. The second-order valence-corrected chi connectivity index (χ2v) is 5.35. The maximum atomic E-state index is 12.6. The van der Waals surface area contributed by atoms with Gasteiger partial charge in [0.2, 0.25) is 11.2 Å². The predicted molar refractivity (Wildman–Crippen MR) is 95.5 cm³/mol. The molecule has 0 radical (unpaired) electrons. The summed E-state index contributed by atoms with van der Waals surface area (Å²) in [6.07, 6.45) is 0. The number of H-pyrrole nitrogens is 1. The van der Waals surface area contributed by atoms with Crippen molar-refractivity contribution in [1.29, 1.82) is 0 Å². The number of ether oxygens (including phenoxy) is 2. The highest BCUT2D eigenvalue weighted by molar-refractivity contribution is 5.92. The third-order valence-electron chi connectivity index (χ3n) is 3.60. The zero-order chi connectivity index (χ0) is 18.7. The van der Waals surface area contributed by atoms with Gasteiger partial charge in [0.25, 0.3) is 0 Å². The zero-order valence-corrected chi connectivity index (χ0v) is 13.8. The number of aromatic carboxylic acids is 1. The van der Waals surface area contributed by atoms with E-state index in [1.165, 1.54) is 12.1 Å². The van der Waals surface area contributed by atoms with Crippen LogP contribution in [0.1, 0.15) is 17.4 Å². The van der Waals surface area contributed by atoms with E-state index in [9.17, 15) is 14.4 Å². The Hall–Kier alpha value is -3.61. The van der Waals surface area contributed by atoms with Crippen molar-refractivity contribution in [1.82, 2.24) is 4.98 Å². The first-order valence-corrected chi connectivity index (χ1v) is 7.84. The molecule has 0 unspecified atom stereocenters. The largest absolute Gasteiger partial charge is 0.487 e. The average molecular weight is 353 g/mol. The molecular weight excluding hydrogens is 338 g/mol. The monoisotopic (exact) mass is 353 g/mol. The van der Waals surface area contributed by atoms with Crippen LogP contribution in [-0.2, 0) is 0 Å². The fourth-order valence-electron chi connectivity index (χ4n) is 2.50. The van der Waals surface area contributed by atoms with E-state index in [4.69, 9.17) is 14.6 Å². The first-order chi connectivity index (χ1) is 12.5. The van der Waals surface area contributed by atoms with E-state index < -0.39 is 16.8 Å². The summed E-state index contributed by atoms with van der Waals surface area (Å²) in [5.41, 5.74) is -1.22. The van der Waals surface area contributed by atoms with Crippen LogP contribution in [0, 0.1) is 0 Å². The van der Waals surface area contributed by atoms with Gasteiger partial charge in [0.1, 0.15) is 11.4 Å². The third-order valence-corrected chi connectivity index (χ3v) is 3.60. The Morgan fingerprint density at radius 2 is 1.77 bits per heavy atom. The molecule has 0 amide bonds. The highest BCUT2D eigenvalue weighted by Gasteiger charge is 2.18. The molecule has 0 fully saturated rings. The van der Waals surface area contributed by atoms with E-state index in [0.29, 0.717) is 5.75 Å². The highest BCUT2D eigenvalue weighted by Crippen LogP contribution is 2.33. The molecule has 2 aromatic carbocycles. The van der Waals surface area contributed by atoms with E-state index in [1.807, 2.05) is 0 Å². The Balaban J connectivity index is 2.40. The van der Waals surface area contributed by atoms with Crippen LogP contribution in [0.2, 0.25) is 0 Å². The van der Waals surface area contributed by atoms with E-state index in [-0.39, 0.29) is 34.7 Å². The number of hydrogen-bond donors (Lipinski definition) is 2. The smallest absolute Gasteiger partial charge is 0.352 e. The molecule has 3 aromatic rings. The van der Waals surface area contributed by atoms with Crippen molar-refractivity contribution in [3.05, 3.63) is 74.7 Å². The van der Waals surface area contributed by atoms with Crippen LogP contribution in [0.5, 0.6) is 17.2 Å². The lowest BCUT2D eigenvalue weighted by atomic mass is 10.2. The normalized spacial score (nSPS) is 10.5. The standard InChI is InChI=1S/C19H15NO6/c1-2-25-17-14(21)9-8-12-16(15(22)10-13(20-12)19(23)24)18(17)26-11-6-4-3-5-7-11/h3-10H,2H2,1H3,(H,20,22)(H,23,24). The Bertz CT molecular complexity index is 1090.